The van der Waals surface area contributed by atoms with Crippen LogP contribution in [0.1, 0.15) is 34.8 Å². The zero-order valence-corrected chi connectivity index (χ0v) is 20.3. The molecule has 0 radical (unpaired) electrons. The van der Waals surface area contributed by atoms with Gasteiger partial charge in [0.05, 0.1) is 11.7 Å². The minimum absolute atomic E-state index is 0.0503. The van der Waals surface area contributed by atoms with Crippen LogP contribution in [0.25, 0.3) is 5.57 Å². The van der Waals surface area contributed by atoms with E-state index in [1.807, 2.05) is 12.1 Å². The lowest BCUT2D eigenvalue weighted by Crippen LogP contribution is -2.26. The molecule has 0 spiro atoms. The molecule has 1 aliphatic heterocycles. The fraction of sp³-hybridized carbons (Fsp3) is 0.115. The van der Waals surface area contributed by atoms with Crippen LogP contribution in [0.2, 0.25) is 0 Å². The second-order valence-corrected chi connectivity index (χ2v) is 8.09. The summed E-state index contributed by atoms with van der Waals surface area (Å²) >= 11 is 0. The topological polar surface area (TPSA) is 122 Å². The van der Waals surface area contributed by atoms with Crippen molar-refractivity contribution < 1.29 is 32.0 Å². The number of pyridine rings is 1. The van der Waals surface area contributed by atoms with Gasteiger partial charge >= 0.3 is 6.36 Å². The van der Waals surface area contributed by atoms with Gasteiger partial charge in [-0.2, -0.15) is 5.10 Å². The highest BCUT2D eigenvalue weighted by atomic mass is 19.4. The van der Waals surface area contributed by atoms with E-state index in [9.17, 15) is 22.8 Å². The fourth-order valence-electron chi connectivity index (χ4n) is 3.47. The average Bonchev–Trinajstić information content (AvgIpc) is 3.39. The molecule has 200 valence electrons. The molecule has 39 heavy (non-hydrogen) atoms. The van der Waals surface area contributed by atoms with Gasteiger partial charge in [0.2, 0.25) is 11.7 Å². The summed E-state index contributed by atoms with van der Waals surface area (Å²) in [6.45, 7) is 5.17. The van der Waals surface area contributed by atoms with Gasteiger partial charge in [-0.1, -0.05) is 23.4 Å². The van der Waals surface area contributed by atoms with E-state index >= 15 is 0 Å². The number of aromatic nitrogens is 2. The number of nitrogens with zero attached hydrogens (tertiary/aromatic N) is 4. The summed E-state index contributed by atoms with van der Waals surface area (Å²) in [5.74, 6) is -1.93. The van der Waals surface area contributed by atoms with Gasteiger partial charge in [-0.3, -0.25) is 14.6 Å². The second-order valence-electron chi connectivity index (χ2n) is 8.09. The quantitative estimate of drug-likeness (QED) is 0.312. The minimum atomic E-state index is -4.87. The van der Waals surface area contributed by atoms with Crippen molar-refractivity contribution in [2.45, 2.75) is 19.3 Å². The average molecular weight is 538 g/mol. The van der Waals surface area contributed by atoms with Crippen LogP contribution >= 0.6 is 0 Å². The summed E-state index contributed by atoms with van der Waals surface area (Å²) in [5.41, 5.74) is 2.45. The number of carbonyl (C=O) groups is 2. The first-order valence-corrected chi connectivity index (χ1v) is 11.3. The third kappa shape index (κ3) is 7.19. The number of anilines is 1. The standard InChI is InChI=1S/C26H21F3N6O4/c1-16(32-24(36)12-20-9-8-18(15-35(20)30-2)17-5-4-10-31-14-17)22-13-23(39-34-22)25(37)33-19-6-3-7-21(11-19)38-26(27,28)29/h3-16H,2H2,1H3,(H,32,36)(H,33,37). The minimum Gasteiger partial charge on any atom is -0.406 e. The highest BCUT2D eigenvalue weighted by Crippen LogP contribution is 2.26. The number of hydrogen-bond acceptors (Lipinski definition) is 8. The molecule has 4 rings (SSSR count). The molecule has 1 atom stereocenters. The zero-order chi connectivity index (χ0) is 28.0. The summed E-state index contributed by atoms with van der Waals surface area (Å²) in [6, 6.07) is 9.12. The van der Waals surface area contributed by atoms with Gasteiger partial charge in [-0.05, 0) is 31.2 Å². The molecule has 2 amide bonds. The van der Waals surface area contributed by atoms with Gasteiger partial charge in [-0.15, -0.1) is 13.2 Å². The zero-order valence-electron chi connectivity index (χ0n) is 20.3. The van der Waals surface area contributed by atoms with Gasteiger partial charge in [0, 0.05) is 60.3 Å². The van der Waals surface area contributed by atoms with Crippen LogP contribution in [0.15, 0.2) is 94.6 Å². The molecule has 3 heterocycles. The molecule has 0 fully saturated rings. The molecule has 0 saturated heterocycles. The number of nitrogens with one attached hydrogen (secondary N) is 2. The molecule has 13 heteroatoms. The molecule has 0 aliphatic carbocycles. The Balaban J connectivity index is 1.37. The first-order valence-electron chi connectivity index (χ1n) is 11.3. The third-order valence-corrected chi connectivity index (χ3v) is 5.27. The Morgan fingerprint density at radius 3 is 2.74 bits per heavy atom. The number of carbonyl (C=O) groups excluding carboxylic acids is 2. The lowest BCUT2D eigenvalue weighted by atomic mass is 10.1. The molecule has 2 aromatic heterocycles. The number of hydrogen-bond donors (Lipinski definition) is 2. The lowest BCUT2D eigenvalue weighted by molar-refractivity contribution is -0.274. The van der Waals surface area contributed by atoms with Crippen LogP contribution in [0.3, 0.4) is 0 Å². The van der Waals surface area contributed by atoms with E-state index in [4.69, 9.17) is 4.52 Å². The van der Waals surface area contributed by atoms with Crippen molar-refractivity contribution >= 4 is 29.8 Å². The number of rotatable bonds is 8. The van der Waals surface area contributed by atoms with Crippen molar-refractivity contribution in [1.29, 1.82) is 0 Å². The molecule has 3 aromatic rings. The predicted molar refractivity (Wildman–Crippen MR) is 135 cm³/mol. The Kier molecular flexibility index (Phi) is 7.89. The molecule has 1 aliphatic rings. The summed E-state index contributed by atoms with van der Waals surface area (Å²) in [6.07, 6.45) is 5.04. The number of amides is 2. The molecule has 0 saturated carbocycles. The van der Waals surface area contributed by atoms with Gasteiger partial charge in [0.15, 0.2) is 0 Å². The number of allylic oxidation sites excluding steroid dienone is 3. The Morgan fingerprint density at radius 1 is 1.21 bits per heavy atom. The Bertz CT molecular complexity index is 1460. The van der Waals surface area contributed by atoms with E-state index < -0.39 is 30.0 Å². The SMILES string of the molecule is C=NN1C=C(c2cccnc2)C=CC1=CC(=O)NC(C)c1cc(C(=O)Nc2cccc(OC(F)(F)F)c2)on1. The third-order valence-electron chi connectivity index (χ3n) is 5.27. The Labute approximate surface area is 220 Å². The number of alkyl halides is 3. The van der Waals surface area contributed by atoms with Crippen LogP contribution in [0, 0.1) is 0 Å². The first-order chi connectivity index (χ1) is 18.6. The van der Waals surface area contributed by atoms with Crippen LogP contribution in [-0.2, 0) is 4.79 Å². The van der Waals surface area contributed by atoms with E-state index in [1.165, 1.54) is 29.3 Å². The van der Waals surface area contributed by atoms with E-state index in [0.29, 0.717) is 5.70 Å². The second kappa shape index (κ2) is 11.5. The maximum Gasteiger partial charge on any atom is 0.573 e. The van der Waals surface area contributed by atoms with Gasteiger partial charge in [0.25, 0.3) is 5.91 Å². The normalized spacial score (nSPS) is 14.9. The van der Waals surface area contributed by atoms with Gasteiger partial charge in [-0.25, -0.2) is 5.01 Å². The lowest BCUT2D eigenvalue weighted by Gasteiger charge is -2.20. The highest BCUT2D eigenvalue weighted by molar-refractivity contribution is 6.02. The Morgan fingerprint density at radius 2 is 2.03 bits per heavy atom. The maximum atomic E-state index is 12.7. The fourth-order valence-corrected chi connectivity index (χ4v) is 3.47. The van der Waals surface area contributed by atoms with Crippen molar-refractivity contribution in [2.75, 3.05) is 5.32 Å². The van der Waals surface area contributed by atoms with Crippen LogP contribution in [0.5, 0.6) is 5.75 Å². The van der Waals surface area contributed by atoms with Crippen molar-refractivity contribution in [3.8, 4) is 5.75 Å². The van der Waals surface area contributed by atoms with Crippen molar-refractivity contribution in [1.82, 2.24) is 20.5 Å². The van der Waals surface area contributed by atoms with E-state index in [0.717, 1.165) is 23.3 Å². The van der Waals surface area contributed by atoms with Crippen LogP contribution < -0.4 is 15.4 Å². The van der Waals surface area contributed by atoms with Crippen LogP contribution in [0.4, 0.5) is 18.9 Å². The number of benzene rings is 1. The van der Waals surface area contributed by atoms with Crippen molar-refractivity contribution in [3.05, 3.63) is 102 Å². The summed E-state index contributed by atoms with van der Waals surface area (Å²) in [4.78, 5) is 29.2. The number of halogens is 3. The Hall–Kier alpha value is -5.20. The van der Waals surface area contributed by atoms with E-state index in [2.05, 4.69) is 37.3 Å². The highest BCUT2D eigenvalue weighted by Gasteiger charge is 2.31. The molecule has 1 unspecified atom stereocenters. The molecule has 1 aromatic carbocycles. The smallest absolute Gasteiger partial charge is 0.406 e. The van der Waals surface area contributed by atoms with Crippen molar-refractivity contribution in [3.63, 3.8) is 0 Å². The monoisotopic (exact) mass is 538 g/mol. The molecule has 0 bridgehead atoms. The molecular formula is C26H21F3N6O4. The summed E-state index contributed by atoms with van der Waals surface area (Å²) in [7, 11) is 0. The number of hydrazone groups is 1. The van der Waals surface area contributed by atoms with Gasteiger partial charge < -0.3 is 19.9 Å². The first kappa shape index (κ1) is 26.9. The van der Waals surface area contributed by atoms with E-state index in [1.54, 1.807) is 37.7 Å². The van der Waals surface area contributed by atoms with E-state index in [-0.39, 0.29) is 17.1 Å². The van der Waals surface area contributed by atoms with Gasteiger partial charge in [0.1, 0.15) is 11.4 Å². The van der Waals surface area contributed by atoms with Crippen molar-refractivity contribution in [2.24, 2.45) is 5.10 Å². The summed E-state index contributed by atoms with van der Waals surface area (Å²) < 4.78 is 46.2. The predicted octanol–water partition coefficient (Wildman–Crippen LogP) is 4.81. The number of ether oxygens (including phenoxy) is 1. The largest absolute Gasteiger partial charge is 0.573 e. The molecule has 10 nitrogen and oxygen atoms in total. The molecule has 2 N–H and O–H groups in total. The molecular weight excluding hydrogens is 517 g/mol. The maximum absolute atomic E-state index is 12.7. The summed E-state index contributed by atoms with van der Waals surface area (Å²) in [5, 5.41) is 14.3. The van der Waals surface area contributed by atoms with Crippen LogP contribution in [-0.4, -0.2) is 40.0 Å².